The first-order chi connectivity index (χ1) is 60.6. The molecule has 7 aliphatic rings. The third-order valence-electron chi connectivity index (χ3n) is 18.6. The van der Waals surface area contributed by atoms with Gasteiger partial charge in [0, 0.05) is 118 Å². The largest absolute Gasteiger partial charge is 1.00 e. The number of nitrogens with one attached hydrogen (secondary N) is 2. The Bertz CT molecular complexity index is 5120. The Morgan fingerprint density at radius 2 is 0.914 bits per heavy atom. The first-order valence-electron chi connectivity index (χ1n) is 39.9. The van der Waals surface area contributed by atoms with Crippen LogP contribution >= 0.6 is 0 Å². The normalized spacial score (nSPS) is 16.7. The summed E-state index contributed by atoms with van der Waals surface area (Å²) in [6.45, 7) is 7.72. The number of aromatic nitrogens is 7. The number of para-hydroxylation sites is 4. The number of carbonyl (C=O) groups is 5. The van der Waals surface area contributed by atoms with E-state index in [1.807, 2.05) is 66.7 Å². The van der Waals surface area contributed by atoms with Gasteiger partial charge in [-0.15, -0.1) is 0 Å². The van der Waals surface area contributed by atoms with E-state index in [2.05, 4.69) is 54.2 Å². The first kappa shape index (κ1) is 109. The number of aromatic amines is 2. The number of fused-ring (bicyclic) bond motifs is 2. The van der Waals surface area contributed by atoms with Gasteiger partial charge in [-0.05, 0) is 197 Å². The maximum absolute atomic E-state index is 13.3. The fraction of sp³-hybridized carbons (Fsp3) is 0.379. The second kappa shape index (κ2) is 58.6. The number of benzene rings is 4. The predicted octanol–water partition coefficient (Wildman–Crippen LogP) is 9.36. The summed E-state index contributed by atoms with van der Waals surface area (Å²) in [7, 11) is -11.1. The Hall–Kier alpha value is -7.30. The molecule has 12 heterocycles. The number of hydrogen-bond donors (Lipinski definition) is 3. The molecule has 41 heteroatoms. The van der Waals surface area contributed by atoms with Gasteiger partial charge in [0.1, 0.15) is 34.6 Å². The van der Waals surface area contributed by atoms with E-state index in [0.29, 0.717) is 141 Å². The molecule has 0 radical (unpaired) electrons. The number of nitrogens with zero attached hydrogens (tertiary/aromatic N) is 5. The van der Waals surface area contributed by atoms with Crippen LogP contribution in [0, 0.1) is 11.9 Å². The zero-order chi connectivity index (χ0) is 90.6. The van der Waals surface area contributed by atoms with Gasteiger partial charge in [0.2, 0.25) is 29.3 Å². The van der Waals surface area contributed by atoms with Crippen LogP contribution in [0.3, 0.4) is 0 Å². The second-order valence-electron chi connectivity index (χ2n) is 27.6. The van der Waals surface area contributed by atoms with E-state index in [9.17, 15) is 76.2 Å². The van der Waals surface area contributed by atoms with Gasteiger partial charge in [-0.1, -0.05) is 42.5 Å². The van der Waals surface area contributed by atoms with Gasteiger partial charge in [0.25, 0.3) is 6.47 Å². The van der Waals surface area contributed by atoms with Crippen LogP contribution in [0.5, 0.6) is 17.4 Å². The number of pyridine rings is 3. The van der Waals surface area contributed by atoms with Gasteiger partial charge >= 0.3 is 169 Å². The number of carbonyl (C=O) groups excluding carboxylic acids is 5. The second-order valence-corrected chi connectivity index (χ2v) is 30.7. The number of hydrogen-bond acceptors (Lipinski definition) is 27. The van der Waals surface area contributed by atoms with Crippen molar-refractivity contribution in [3.8, 4) is 17.4 Å². The number of allylic oxidation sites excluding steroid dienone is 2. The average molecular weight is 2070 g/mol. The summed E-state index contributed by atoms with van der Waals surface area (Å²) in [4.78, 5) is 83.7. The van der Waals surface area contributed by atoms with Gasteiger partial charge in [-0.25, -0.2) is 24.9 Å². The summed E-state index contributed by atoms with van der Waals surface area (Å²) in [6, 6.07) is 39.4. The van der Waals surface area contributed by atoms with Crippen LogP contribution in [-0.2, 0) is 81.0 Å². The number of ether oxygens (including phenoxy) is 8. The average Bonchev–Trinajstić information content (AvgIpc) is 1.69. The maximum atomic E-state index is 13.3. The summed E-state index contributed by atoms with van der Waals surface area (Å²) in [5.74, 6) is 1.54. The van der Waals surface area contributed by atoms with E-state index in [-0.39, 0.29) is 212 Å². The molecule has 1 atom stereocenters. The number of imidazole rings is 2. The van der Waals surface area contributed by atoms with Crippen molar-refractivity contribution in [1.82, 2.24) is 34.9 Å². The molecule has 1 unspecified atom stereocenters. The summed E-state index contributed by atoms with van der Waals surface area (Å²) in [5, 5.41) is 17.6. The molecule has 3 fully saturated rings. The minimum atomic E-state index is -5.54. The molecule has 0 aliphatic carbocycles. The van der Waals surface area contributed by atoms with Crippen molar-refractivity contribution < 1.29 is 277 Å². The molecule has 0 amide bonds. The molecule has 680 valence electrons. The smallest absolute Gasteiger partial charge is 1.00 e. The van der Waals surface area contributed by atoms with Gasteiger partial charge in [0.05, 0.1) is 81.5 Å². The van der Waals surface area contributed by atoms with Gasteiger partial charge in [-0.3, -0.25) is 24.0 Å². The van der Waals surface area contributed by atoms with Crippen LogP contribution in [0.25, 0.3) is 33.2 Å². The van der Waals surface area contributed by atoms with Crippen LogP contribution in [0.1, 0.15) is 159 Å². The summed E-state index contributed by atoms with van der Waals surface area (Å²) >= 11 is 0. The van der Waals surface area contributed by atoms with Crippen LogP contribution in [-0.4, -0.2) is 190 Å². The number of phenolic OH excluding ortho intramolecular Hbond substituents is 1. The Morgan fingerprint density at radius 3 is 1.45 bits per heavy atom. The molecule has 0 saturated carbocycles. The van der Waals surface area contributed by atoms with Crippen molar-refractivity contribution in [2.75, 3.05) is 92.5 Å². The van der Waals surface area contributed by atoms with Crippen molar-refractivity contribution in [3.63, 3.8) is 0 Å². The molecule has 29 nitrogen and oxygen atoms in total. The number of aromatic hydroxyl groups is 1. The molecule has 3 saturated heterocycles. The van der Waals surface area contributed by atoms with E-state index < -0.39 is 31.3 Å². The maximum Gasteiger partial charge on any atom is 1.00 e. The molecule has 128 heavy (non-hydrogen) atoms. The minimum Gasteiger partial charge on any atom is -1.00 e. The van der Waals surface area contributed by atoms with E-state index in [1.54, 1.807) is 66.9 Å². The molecule has 4 aromatic carbocycles. The third kappa shape index (κ3) is 38.5. The van der Waals surface area contributed by atoms with Crippen molar-refractivity contribution >= 4 is 83.1 Å². The van der Waals surface area contributed by atoms with Crippen molar-refractivity contribution in [1.29, 1.82) is 0 Å². The molecular weight excluding hydrogens is 1980 g/mol. The monoisotopic (exact) mass is 2070 g/mol. The van der Waals surface area contributed by atoms with E-state index >= 15 is 0 Å². The van der Waals surface area contributed by atoms with E-state index in [4.69, 9.17) is 47.9 Å². The molecular formula is C87H95Cs2F8N7O22S2. The van der Waals surface area contributed by atoms with E-state index in [0.717, 1.165) is 130 Å². The van der Waals surface area contributed by atoms with Crippen LogP contribution in [0.15, 0.2) is 188 Å². The number of H-pyrrole nitrogens is 2. The first-order valence-corrected chi connectivity index (χ1v) is 42.7. The Kier molecular flexibility index (Phi) is 50.1. The fourth-order valence-corrected chi connectivity index (χ4v) is 13.3. The van der Waals surface area contributed by atoms with Gasteiger partial charge in [-0.2, -0.15) is 52.0 Å². The number of ketones is 4. The van der Waals surface area contributed by atoms with Crippen LogP contribution in [0.2, 0.25) is 0 Å². The van der Waals surface area contributed by atoms with E-state index in [1.165, 1.54) is 36.7 Å². The zero-order valence-electron chi connectivity index (χ0n) is 71.2. The van der Waals surface area contributed by atoms with Crippen LogP contribution in [0.4, 0.5) is 35.1 Å². The van der Waals surface area contributed by atoms with Crippen molar-refractivity contribution in [2.45, 2.75) is 120 Å². The van der Waals surface area contributed by atoms with Gasteiger partial charge < -0.3 is 72.9 Å². The number of rotatable bonds is 14. The topological polar surface area (TPSA) is 394 Å². The number of alkyl halides is 6. The summed E-state index contributed by atoms with van der Waals surface area (Å²) in [6.07, 6.45) is 22.0. The summed E-state index contributed by atoms with van der Waals surface area (Å²) < 4.78 is 190. The fourth-order valence-electron chi connectivity index (χ4n) is 12.2. The molecule has 5 aromatic heterocycles. The Labute approximate surface area is 852 Å². The van der Waals surface area contributed by atoms with Crippen molar-refractivity contribution in [3.05, 3.63) is 239 Å². The molecule has 7 aliphatic heterocycles. The minimum absolute atomic E-state index is 0. The summed E-state index contributed by atoms with van der Waals surface area (Å²) in [5.41, 5.74) is -2.18. The number of phenols is 1. The third-order valence-corrected chi connectivity index (χ3v) is 20.6. The quantitative estimate of drug-likeness (QED) is 0.0133. The van der Waals surface area contributed by atoms with Crippen LogP contribution < -0.4 is 148 Å². The zero-order valence-corrected chi connectivity index (χ0v) is 84.4. The van der Waals surface area contributed by atoms with Gasteiger partial charge in [0.15, 0.2) is 11.6 Å². The number of Topliss-reactive ketones (excluding diaryl/α,β-unsaturated/α-hetero) is 2. The number of halogens is 8. The molecule has 9 aromatic rings. The Morgan fingerprint density at radius 1 is 0.477 bits per heavy atom. The predicted molar refractivity (Wildman–Crippen MR) is 441 cm³/mol. The SMILES string of the molecule is Fc1ncccc1C1=CCCOCC1.Fc1ncccc1C1=CCOCCC1.O=C(c1ccc(O)cc1)c1nc2ccccc2[nH]1.O=C(c1ccc(Oc2ncccc2C2CCCOCC2)cc1)c1nc2ccccc2[nH]1.O=C1CCCOCC1.O=C1CCOCC1.O=CO[O-].O=S(=O)(OC1=CCCOCC1)C(F)(F)F.O=S(=O)(OC1=CCOCCC1)C(F)(F)F.[Cs+].[Cs+].[H-]. The Balaban J connectivity index is 0.000000268. The molecule has 0 spiro atoms. The molecule has 3 N–H and O–H groups in total. The standard InChI is InChI=1S/C25H23N3O3.C14H10N2O2.2C11H12FNO.2C7H9F3O4S.C6H10O2.C5H8O2.CH2O3.2Cs.H/c29-23(24-27-21-7-1-2-8-22(21)28-24)18-9-11-19(12-10-18)31-25-20(6-3-14-26-25)17-5-4-15-30-16-13-17;17-10-7-5-9(6-8-10)13(18)14-15-11-3-1-2-4-12(11)16-14;2*12-11-10(4-1-6-13-11)9-3-2-7-14-8-5-9;2*8-7(9,10)15(11,12)14-6-2-1-4-13-5-3-6;7-6-2-1-4-8-5-3-6;6-5-1-3-7-4-2-5;2-1-4-3;;;/h1-3,6-12,14,17H,4-5,13,15-16H2,(H,27,28);1-8,17H,(H,15,16);1,4-6H,2-3,7-8H2;1,3-4,6H,2,5,7-8H2;3H,1-2,4-5H2;2H,1,3-5H2;1-5H2;1-4H2;1,3H;;;/q;;;;;;;;;2*+1;-1/p-1. The molecule has 0 bridgehead atoms. The van der Waals surface area contributed by atoms with Crippen molar-refractivity contribution in [2.24, 2.45) is 0 Å². The molecule has 16 rings (SSSR count).